The van der Waals surface area contributed by atoms with Crippen molar-refractivity contribution in [3.63, 3.8) is 0 Å². The molecule has 23 heavy (non-hydrogen) atoms. The van der Waals surface area contributed by atoms with Gasteiger partial charge in [-0.3, -0.25) is 4.79 Å². The summed E-state index contributed by atoms with van der Waals surface area (Å²) in [5.74, 6) is 1.05. The van der Waals surface area contributed by atoms with E-state index >= 15 is 0 Å². The predicted molar refractivity (Wildman–Crippen MR) is 102 cm³/mol. The quantitative estimate of drug-likeness (QED) is 0.724. The van der Waals surface area contributed by atoms with Crippen LogP contribution in [-0.4, -0.2) is 11.7 Å². The van der Waals surface area contributed by atoms with Crippen molar-refractivity contribution in [2.24, 2.45) is 0 Å². The lowest BCUT2D eigenvalue weighted by Gasteiger charge is -2.11. The number of nitrogens with one attached hydrogen (secondary N) is 1. The van der Waals surface area contributed by atoms with Crippen LogP contribution in [0.4, 0.5) is 5.69 Å². The highest BCUT2D eigenvalue weighted by molar-refractivity contribution is 7.99. The number of thioether (sulfide) groups is 1. The maximum atomic E-state index is 12.1. The number of benzene rings is 2. The van der Waals surface area contributed by atoms with E-state index in [0.717, 1.165) is 11.3 Å². The summed E-state index contributed by atoms with van der Waals surface area (Å²) >= 11 is 13.9. The van der Waals surface area contributed by atoms with E-state index in [1.165, 1.54) is 16.7 Å². The van der Waals surface area contributed by atoms with Crippen LogP contribution in [0.1, 0.15) is 22.3 Å². The Bertz CT molecular complexity index is 711. The van der Waals surface area contributed by atoms with Crippen LogP contribution < -0.4 is 5.32 Å². The molecule has 0 aliphatic heterocycles. The zero-order chi connectivity index (χ0) is 17.0. The molecule has 0 spiro atoms. The van der Waals surface area contributed by atoms with Gasteiger partial charge in [-0.25, -0.2) is 0 Å². The Kier molecular flexibility index (Phi) is 6.40. The minimum Gasteiger partial charge on any atom is -0.323 e. The van der Waals surface area contributed by atoms with Crippen LogP contribution in [0, 0.1) is 20.8 Å². The van der Waals surface area contributed by atoms with Gasteiger partial charge in [-0.2, -0.15) is 0 Å². The molecule has 1 N–H and O–H groups in total. The molecule has 1 amide bonds. The summed E-state index contributed by atoms with van der Waals surface area (Å²) in [6, 6.07) is 10.00. The minimum atomic E-state index is -0.103. The fourth-order valence-corrected chi connectivity index (χ4v) is 3.59. The number of carbonyl (C=O) groups is 1. The van der Waals surface area contributed by atoms with Crippen LogP contribution in [-0.2, 0) is 10.5 Å². The molecule has 5 heteroatoms. The molecule has 122 valence electrons. The highest BCUT2D eigenvalue weighted by Gasteiger charge is 2.12. The first kappa shape index (κ1) is 18.2. The Labute approximate surface area is 151 Å². The zero-order valence-corrected chi connectivity index (χ0v) is 15.7. The Morgan fingerprint density at radius 3 is 2.39 bits per heavy atom. The molecule has 0 bridgehead atoms. The number of halogens is 2. The van der Waals surface area contributed by atoms with E-state index in [1.54, 1.807) is 17.8 Å². The van der Waals surface area contributed by atoms with E-state index in [-0.39, 0.29) is 5.91 Å². The molecule has 0 fully saturated rings. The SMILES string of the molecule is Cc1cc(C)cc(CSCC(=O)Nc2c(Cl)ccc(C)c2Cl)c1. The van der Waals surface area contributed by atoms with Crippen LogP contribution in [0.3, 0.4) is 0 Å². The smallest absolute Gasteiger partial charge is 0.234 e. The van der Waals surface area contributed by atoms with Crippen molar-refractivity contribution in [1.82, 2.24) is 0 Å². The molecule has 0 aromatic heterocycles. The Morgan fingerprint density at radius 2 is 1.74 bits per heavy atom. The second-order valence-corrected chi connectivity index (χ2v) is 7.36. The van der Waals surface area contributed by atoms with Crippen LogP contribution >= 0.6 is 35.0 Å². The van der Waals surface area contributed by atoms with E-state index in [0.29, 0.717) is 21.5 Å². The summed E-state index contributed by atoms with van der Waals surface area (Å²) < 4.78 is 0. The van der Waals surface area contributed by atoms with E-state index in [1.807, 2.05) is 13.0 Å². The fraction of sp³-hybridized carbons (Fsp3) is 0.278. The molecule has 0 atom stereocenters. The molecule has 2 aromatic rings. The topological polar surface area (TPSA) is 29.1 Å². The van der Waals surface area contributed by atoms with Crippen molar-refractivity contribution in [3.05, 3.63) is 62.6 Å². The molecule has 0 heterocycles. The molecule has 0 unspecified atom stereocenters. The molecule has 2 rings (SSSR count). The molecule has 0 aliphatic carbocycles. The molecular weight excluding hydrogens is 349 g/mol. The number of hydrogen-bond acceptors (Lipinski definition) is 2. The van der Waals surface area contributed by atoms with Crippen molar-refractivity contribution >= 4 is 46.6 Å². The Balaban J connectivity index is 1.92. The minimum absolute atomic E-state index is 0.103. The molecule has 0 saturated carbocycles. The molecular formula is C18H19Cl2NOS. The maximum Gasteiger partial charge on any atom is 0.234 e. The van der Waals surface area contributed by atoms with Gasteiger partial charge in [0.2, 0.25) is 5.91 Å². The molecule has 2 nitrogen and oxygen atoms in total. The number of hydrogen-bond donors (Lipinski definition) is 1. The van der Waals surface area contributed by atoms with Gasteiger partial charge in [0.05, 0.1) is 21.5 Å². The normalized spacial score (nSPS) is 10.7. The average molecular weight is 368 g/mol. The largest absolute Gasteiger partial charge is 0.323 e. The number of aryl methyl sites for hydroxylation is 3. The van der Waals surface area contributed by atoms with Gasteiger partial charge in [-0.05, 0) is 38.0 Å². The second-order valence-electron chi connectivity index (χ2n) is 5.59. The number of amides is 1. The number of carbonyl (C=O) groups excluding carboxylic acids is 1. The first-order chi connectivity index (χ1) is 10.9. The molecule has 0 saturated heterocycles. The molecule has 2 aromatic carbocycles. The average Bonchev–Trinajstić information content (AvgIpc) is 2.47. The summed E-state index contributed by atoms with van der Waals surface area (Å²) in [4.78, 5) is 12.1. The maximum absolute atomic E-state index is 12.1. The van der Waals surface area contributed by atoms with E-state index < -0.39 is 0 Å². The van der Waals surface area contributed by atoms with Crippen LogP contribution in [0.25, 0.3) is 0 Å². The van der Waals surface area contributed by atoms with Crippen LogP contribution in [0.15, 0.2) is 30.3 Å². The fourth-order valence-electron chi connectivity index (χ4n) is 2.36. The van der Waals surface area contributed by atoms with Crippen molar-refractivity contribution in [2.75, 3.05) is 11.1 Å². The van der Waals surface area contributed by atoms with Gasteiger partial charge in [0, 0.05) is 5.75 Å². The lowest BCUT2D eigenvalue weighted by molar-refractivity contribution is -0.113. The lowest BCUT2D eigenvalue weighted by Crippen LogP contribution is -2.15. The summed E-state index contributed by atoms with van der Waals surface area (Å²) in [5.41, 5.74) is 5.08. The lowest BCUT2D eigenvalue weighted by atomic mass is 10.1. The van der Waals surface area contributed by atoms with Gasteiger partial charge in [-0.1, -0.05) is 58.6 Å². The summed E-state index contributed by atoms with van der Waals surface area (Å²) in [6.45, 7) is 6.04. The zero-order valence-electron chi connectivity index (χ0n) is 13.4. The summed E-state index contributed by atoms with van der Waals surface area (Å²) in [7, 11) is 0. The first-order valence-electron chi connectivity index (χ1n) is 7.26. The van der Waals surface area contributed by atoms with E-state index in [4.69, 9.17) is 23.2 Å². The second kappa shape index (κ2) is 8.09. The first-order valence-corrected chi connectivity index (χ1v) is 9.17. The van der Waals surface area contributed by atoms with Gasteiger partial charge >= 0.3 is 0 Å². The standard InChI is InChI=1S/C18H19Cl2NOS/c1-11-6-12(2)8-14(7-11)9-23-10-16(22)21-18-15(19)5-4-13(3)17(18)20/h4-8H,9-10H2,1-3H3,(H,21,22). The third-order valence-corrected chi connectivity index (χ3v) is 5.14. The van der Waals surface area contributed by atoms with E-state index in [2.05, 4.69) is 37.4 Å². The van der Waals surface area contributed by atoms with Gasteiger partial charge in [-0.15, -0.1) is 11.8 Å². The Hall–Kier alpha value is -1.16. The van der Waals surface area contributed by atoms with Crippen molar-refractivity contribution in [1.29, 1.82) is 0 Å². The van der Waals surface area contributed by atoms with Gasteiger partial charge in [0.25, 0.3) is 0 Å². The third kappa shape index (κ3) is 5.17. The van der Waals surface area contributed by atoms with Gasteiger partial charge in [0.1, 0.15) is 0 Å². The summed E-state index contributed by atoms with van der Waals surface area (Å²) in [5, 5.41) is 3.75. The Morgan fingerprint density at radius 1 is 1.09 bits per heavy atom. The monoisotopic (exact) mass is 367 g/mol. The highest BCUT2D eigenvalue weighted by Crippen LogP contribution is 2.33. The third-order valence-electron chi connectivity index (χ3n) is 3.33. The van der Waals surface area contributed by atoms with Crippen LogP contribution in [0.2, 0.25) is 10.0 Å². The summed E-state index contributed by atoms with van der Waals surface area (Å²) in [6.07, 6.45) is 0. The predicted octanol–water partition coefficient (Wildman–Crippen LogP) is 5.79. The van der Waals surface area contributed by atoms with Gasteiger partial charge in [0.15, 0.2) is 0 Å². The number of anilines is 1. The van der Waals surface area contributed by atoms with E-state index in [9.17, 15) is 4.79 Å². The van der Waals surface area contributed by atoms with Crippen LogP contribution in [0.5, 0.6) is 0 Å². The van der Waals surface area contributed by atoms with Crippen molar-refractivity contribution in [2.45, 2.75) is 26.5 Å². The molecule has 0 radical (unpaired) electrons. The highest BCUT2D eigenvalue weighted by atomic mass is 35.5. The number of rotatable bonds is 5. The van der Waals surface area contributed by atoms with Crippen molar-refractivity contribution in [3.8, 4) is 0 Å². The van der Waals surface area contributed by atoms with Crippen molar-refractivity contribution < 1.29 is 4.79 Å². The molecule has 0 aliphatic rings. The van der Waals surface area contributed by atoms with Gasteiger partial charge < -0.3 is 5.32 Å².